The van der Waals surface area contributed by atoms with E-state index < -0.39 is 31.4 Å². The maximum Gasteiger partial charge on any atom is 0.522 e. The highest BCUT2D eigenvalue weighted by Gasteiger charge is 2.28. The second kappa shape index (κ2) is 5.87. The Labute approximate surface area is 106 Å². The van der Waals surface area contributed by atoms with E-state index in [1.54, 1.807) is 0 Å². The second-order valence-corrected chi connectivity index (χ2v) is 3.60. The summed E-state index contributed by atoms with van der Waals surface area (Å²) in [7, 11) is 0. The summed E-state index contributed by atoms with van der Waals surface area (Å²) in [6.45, 7) is -0.0102. The third-order valence-corrected chi connectivity index (χ3v) is 2.20. The zero-order valence-electron chi connectivity index (χ0n) is 9.88. The fraction of sp³-hybridized carbons (Fsp3) is 0.364. The Morgan fingerprint density at radius 1 is 1.32 bits per heavy atom. The molecule has 19 heavy (non-hydrogen) atoms. The van der Waals surface area contributed by atoms with E-state index in [9.17, 15) is 22.4 Å². The van der Waals surface area contributed by atoms with E-state index in [0.717, 1.165) is 6.07 Å². The van der Waals surface area contributed by atoms with Gasteiger partial charge in [-0.2, -0.15) is 0 Å². The molecule has 0 bridgehead atoms. The van der Waals surface area contributed by atoms with Gasteiger partial charge in [0, 0.05) is 11.3 Å². The van der Waals surface area contributed by atoms with Gasteiger partial charge in [-0.05, 0) is 19.1 Å². The Hall–Kier alpha value is -1.83. The molecule has 0 saturated heterocycles. The molecule has 0 aliphatic heterocycles. The van der Waals surface area contributed by atoms with E-state index in [2.05, 4.69) is 9.47 Å². The van der Waals surface area contributed by atoms with Crippen molar-refractivity contribution in [3.8, 4) is 0 Å². The molecule has 8 heteroatoms. The number of esters is 1. The largest absolute Gasteiger partial charge is 0.522 e. The van der Waals surface area contributed by atoms with Crippen LogP contribution in [0.2, 0.25) is 0 Å². The molecule has 1 rings (SSSR count). The zero-order chi connectivity index (χ0) is 14.6. The highest BCUT2D eigenvalue weighted by molar-refractivity contribution is 5.90. The standard InChI is InChI=1S/C11H11F4NO3/c1-6-8(12)4-7(5-9(6)16)10(17)18-2-3-19-11(13,14)15/h4-5H,2-3,16H2,1H3. The normalized spacial score (nSPS) is 11.4. The van der Waals surface area contributed by atoms with E-state index in [1.165, 1.54) is 13.0 Å². The lowest BCUT2D eigenvalue weighted by Gasteiger charge is -2.09. The summed E-state index contributed by atoms with van der Waals surface area (Å²) in [6.07, 6.45) is -4.78. The Morgan fingerprint density at radius 3 is 2.47 bits per heavy atom. The van der Waals surface area contributed by atoms with Crippen LogP contribution >= 0.6 is 0 Å². The Balaban J connectivity index is 2.55. The lowest BCUT2D eigenvalue weighted by molar-refractivity contribution is -0.326. The van der Waals surface area contributed by atoms with Gasteiger partial charge >= 0.3 is 12.3 Å². The number of hydrogen-bond acceptors (Lipinski definition) is 4. The van der Waals surface area contributed by atoms with Gasteiger partial charge in [0.05, 0.1) is 12.2 Å². The molecule has 0 atom stereocenters. The monoisotopic (exact) mass is 281 g/mol. The van der Waals surface area contributed by atoms with Crippen molar-refractivity contribution in [2.75, 3.05) is 18.9 Å². The van der Waals surface area contributed by atoms with Crippen LogP contribution in [0.1, 0.15) is 15.9 Å². The van der Waals surface area contributed by atoms with Crippen LogP contribution in [0, 0.1) is 12.7 Å². The molecule has 1 aromatic rings. The molecule has 1 aromatic carbocycles. The molecular weight excluding hydrogens is 270 g/mol. The molecule has 0 heterocycles. The molecular formula is C11H11F4NO3. The number of rotatable bonds is 4. The van der Waals surface area contributed by atoms with Crippen LogP contribution < -0.4 is 5.73 Å². The van der Waals surface area contributed by atoms with Gasteiger partial charge < -0.3 is 10.5 Å². The zero-order valence-corrected chi connectivity index (χ0v) is 9.88. The van der Waals surface area contributed by atoms with Crippen LogP contribution in [0.3, 0.4) is 0 Å². The van der Waals surface area contributed by atoms with Gasteiger partial charge in [0.1, 0.15) is 12.4 Å². The molecule has 0 saturated carbocycles. The summed E-state index contributed by atoms with van der Waals surface area (Å²) in [5.74, 6) is -1.67. The fourth-order valence-corrected chi connectivity index (χ4v) is 1.19. The highest BCUT2D eigenvalue weighted by Crippen LogP contribution is 2.18. The molecule has 0 aromatic heterocycles. The minimum atomic E-state index is -4.78. The van der Waals surface area contributed by atoms with Crippen molar-refractivity contribution in [1.82, 2.24) is 0 Å². The topological polar surface area (TPSA) is 61.6 Å². The quantitative estimate of drug-likeness (QED) is 0.398. The van der Waals surface area contributed by atoms with E-state index in [0.29, 0.717) is 0 Å². The number of anilines is 1. The van der Waals surface area contributed by atoms with E-state index in [4.69, 9.17) is 5.73 Å². The molecule has 2 N–H and O–H groups in total. The number of carbonyl (C=O) groups excluding carboxylic acids is 1. The molecule has 106 valence electrons. The summed E-state index contributed by atoms with van der Waals surface area (Å²) in [6, 6.07) is 2.09. The number of carbonyl (C=O) groups is 1. The van der Waals surface area contributed by atoms with Gasteiger partial charge in [-0.3, -0.25) is 4.74 Å². The van der Waals surface area contributed by atoms with Crippen LogP contribution in [0.4, 0.5) is 23.2 Å². The van der Waals surface area contributed by atoms with Crippen molar-refractivity contribution in [2.24, 2.45) is 0 Å². The second-order valence-electron chi connectivity index (χ2n) is 3.60. The van der Waals surface area contributed by atoms with Gasteiger partial charge in [0.2, 0.25) is 0 Å². The van der Waals surface area contributed by atoms with Crippen LogP contribution in [-0.2, 0) is 9.47 Å². The molecule has 0 radical (unpaired) electrons. The molecule has 0 amide bonds. The number of nitrogens with two attached hydrogens (primary N) is 1. The molecule has 0 unspecified atom stereocenters. The summed E-state index contributed by atoms with van der Waals surface area (Å²) < 4.78 is 56.1. The van der Waals surface area contributed by atoms with Crippen LogP contribution in [0.25, 0.3) is 0 Å². The Bertz CT molecular complexity index is 450. The predicted molar refractivity (Wildman–Crippen MR) is 57.8 cm³/mol. The van der Waals surface area contributed by atoms with E-state index in [1.807, 2.05) is 0 Å². The predicted octanol–water partition coefficient (Wildman–Crippen LogP) is 2.41. The number of benzene rings is 1. The summed E-state index contributed by atoms with van der Waals surface area (Å²) in [5.41, 5.74) is 5.51. The first-order chi connectivity index (χ1) is 8.70. The van der Waals surface area contributed by atoms with Crippen LogP contribution in [-0.4, -0.2) is 25.5 Å². The Morgan fingerprint density at radius 2 is 1.95 bits per heavy atom. The maximum atomic E-state index is 13.3. The minimum absolute atomic E-state index is 0.0542. The molecule has 0 fully saturated rings. The first-order valence-electron chi connectivity index (χ1n) is 5.14. The molecule has 0 spiro atoms. The number of nitrogen functional groups attached to an aromatic ring is 1. The molecule has 0 aliphatic rings. The van der Waals surface area contributed by atoms with Gasteiger partial charge in [-0.25, -0.2) is 9.18 Å². The summed E-state index contributed by atoms with van der Waals surface area (Å²) in [5, 5.41) is 0. The average molecular weight is 281 g/mol. The number of halogens is 4. The number of ether oxygens (including phenoxy) is 2. The van der Waals surface area contributed by atoms with Gasteiger partial charge in [-0.15, -0.1) is 13.2 Å². The maximum absolute atomic E-state index is 13.3. The van der Waals surface area contributed by atoms with E-state index >= 15 is 0 Å². The van der Waals surface area contributed by atoms with Gasteiger partial charge in [0.25, 0.3) is 0 Å². The average Bonchev–Trinajstić information content (AvgIpc) is 2.29. The van der Waals surface area contributed by atoms with Crippen LogP contribution in [0.5, 0.6) is 0 Å². The SMILES string of the molecule is Cc1c(N)cc(C(=O)OCCOC(F)(F)F)cc1F. The Kier molecular flexibility index (Phi) is 4.71. The van der Waals surface area contributed by atoms with Crippen molar-refractivity contribution in [1.29, 1.82) is 0 Å². The highest BCUT2D eigenvalue weighted by atomic mass is 19.4. The first-order valence-corrected chi connectivity index (χ1v) is 5.14. The fourth-order valence-electron chi connectivity index (χ4n) is 1.19. The lowest BCUT2D eigenvalue weighted by atomic mass is 10.1. The third kappa shape index (κ3) is 4.74. The van der Waals surface area contributed by atoms with Crippen molar-refractivity contribution < 1.29 is 31.8 Å². The summed E-state index contributed by atoms with van der Waals surface area (Å²) >= 11 is 0. The van der Waals surface area contributed by atoms with Crippen molar-refractivity contribution in [2.45, 2.75) is 13.3 Å². The first kappa shape index (κ1) is 15.2. The molecule has 0 aliphatic carbocycles. The molecule has 4 nitrogen and oxygen atoms in total. The van der Waals surface area contributed by atoms with Gasteiger partial charge in [0.15, 0.2) is 0 Å². The smallest absolute Gasteiger partial charge is 0.460 e. The van der Waals surface area contributed by atoms with Gasteiger partial charge in [-0.1, -0.05) is 0 Å². The van der Waals surface area contributed by atoms with Crippen LogP contribution in [0.15, 0.2) is 12.1 Å². The third-order valence-electron chi connectivity index (χ3n) is 2.20. The number of hydrogen-bond donors (Lipinski definition) is 1. The number of alkyl halides is 3. The summed E-state index contributed by atoms with van der Waals surface area (Å²) in [4.78, 5) is 11.4. The van der Waals surface area contributed by atoms with E-state index in [-0.39, 0.29) is 16.8 Å². The minimum Gasteiger partial charge on any atom is -0.460 e. The van der Waals surface area contributed by atoms with Crippen molar-refractivity contribution in [3.63, 3.8) is 0 Å². The van der Waals surface area contributed by atoms with Crippen molar-refractivity contribution >= 4 is 11.7 Å². The van der Waals surface area contributed by atoms with Crippen molar-refractivity contribution in [3.05, 3.63) is 29.1 Å². The lowest BCUT2D eigenvalue weighted by Crippen LogP contribution is -2.19.